The van der Waals surface area contributed by atoms with Gasteiger partial charge in [0.1, 0.15) is 0 Å². The summed E-state index contributed by atoms with van der Waals surface area (Å²) in [5, 5.41) is 2.49. The third-order valence-corrected chi connectivity index (χ3v) is 5.75. The van der Waals surface area contributed by atoms with E-state index in [0.29, 0.717) is 13.0 Å². The number of amides is 3. The maximum absolute atomic E-state index is 13.0. The van der Waals surface area contributed by atoms with Gasteiger partial charge in [0.15, 0.2) is 0 Å². The lowest BCUT2D eigenvalue weighted by molar-refractivity contribution is -0.149. The molecule has 5 heteroatoms. The van der Waals surface area contributed by atoms with Gasteiger partial charge in [-0.25, -0.2) is 0 Å². The molecule has 1 aromatic carbocycles. The largest absolute Gasteiger partial charge is 0.334 e. The van der Waals surface area contributed by atoms with Crippen molar-refractivity contribution in [3.63, 3.8) is 0 Å². The first kappa shape index (κ1) is 14.4. The van der Waals surface area contributed by atoms with Crippen LogP contribution in [0.5, 0.6) is 0 Å². The molecule has 3 amide bonds. The summed E-state index contributed by atoms with van der Waals surface area (Å²) < 4.78 is 0. The van der Waals surface area contributed by atoms with Crippen LogP contribution in [0, 0.1) is 11.3 Å². The molecule has 0 aromatic heterocycles. The fourth-order valence-electron chi connectivity index (χ4n) is 4.73. The number of carbonyl (C=O) groups is 3. The van der Waals surface area contributed by atoms with Crippen molar-refractivity contribution in [1.82, 2.24) is 10.2 Å². The van der Waals surface area contributed by atoms with Crippen LogP contribution >= 0.6 is 0 Å². The number of carbonyl (C=O) groups excluding carboxylic acids is 3. The molecule has 2 aliphatic heterocycles. The number of hydrogen-bond donors (Lipinski definition) is 1. The molecule has 2 heterocycles. The van der Waals surface area contributed by atoms with Crippen LogP contribution in [0.25, 0.3) is 0 Å². The van der Waals surface area contributed by atoms with E-state index in [1.807, 2.05) is 35.2 Å². The third kappa shape index (κ3) is 2.02. The van der Waals surface area contributed by atoms with Crippen molar-refractivity contribution in [2.75, 3.05) is 0 Å². The van der Waals surface area contributed by atoms with E-state index in [1.165, 1.54) is 0 Å². The van der Waals surface area contributed by atoms with Crippen LogP contribution in [0.4, 0.5) is 0 Å². The zero-order chi connectivity index (χ0) is 16.0. The third-order valence-electron chi connectivity index (χ3n) is 5.75. The van der Waals surface area contributed by atoms with Gasteiger partial charge in [0.05, 0.1) is 11.3 Å². The summed E-state index contributed by atoms with van der Waals surface area (Å²) in [6, 6.07) is 9.77. The monoisotopic (exact) mass is 312 g/mol. The number of hydrogen-bond acceptors (Lipinski definition) is 3. The zero-order valence-corrected chi connectivity index (χ0v) is 13.0. The summed E-state index contributed by atoms with van der Waals surface area (Å²) in [7, 11) is 0. The van der Waals surface area contributed by atoms with Gasteiger partial charge in [-0.2, -0.15) is 0 Å². The van der Waals surface area contributed by atoms with Gasteiger partial charge in [0, 0.05) is 19.0 Å². The summed E-state index contributed by atoms with van der Waals surface area (Å²) in [6.07, 6.45) is 3.67. The number of rotatable bonds is 2. The highest BCUT2D eigenvalue weighted by Crippen LogP contribution is 2.54. The standard InChI is InChI=1S/C18H20N2O3/c21-15-10-13-16(22)20(11-12-6-2-1-3-7-12)14-8-4-5-9-18(13,14)17(23)19-15/h1-3,6-7,13-14H,4-5,8-11H2,(H,19,21,23)/t13-,14-,18-/m1/s1. The number of likely N-dealkylation sites (tertiary alicyclic amines) is 1. The van der Waals surface area contributed by atoms with Gasteiger partial charge in [0.2, 0.25) is 17.7 Å². The number of nitrogens with one attached hydrogen (secondary N) is 1. The van der Waals surface area contributed by atoms with Gasteiger partial charge in [-0.15, -0.1) is 0 Å². The summed E-state index contributed by atoms with van der Waals surface area (Å²) >= 11 is 0. The van der Waals surface area contributed by atoms with Crippen molar-refractivity contribution < 1.29 is 14.4 Å². The van der Waals surface area contributed by atoms with Crippen LogP contribution in [0.2, 0.25) is 0 Å². The minimum absolute atomic E-state index is 0.0241. The Balaban J connectivity index is 1.73. The molecule has 1 aliphatic carbocycles. The van der Waals surface area contributed by atoms with E-state index in [-0.39, 0.29) is 30.2 Å². The lowest BCUT2D eigenvalue weighted by Gasteiger charge is -2.43. The highest BCUT2D eigenvalue weighted by atomic mass is 16.2. The predicted octanol–water partition coefficient (Wildman–Crippen LogP) is 1.62. The minimum atomic E-state index is -0.696. The molecule has 23 heavy (non-hydrogen) atoms. The van der Waals surface area contributed by atoms with Crippen molar-refractivity contribution in [1.29, 1.82) is 0 Å². The first-order valence-electron chi connectivity index (χ1n) is 8.31. The lowest BCUT2D eigenvalue weighted by Crippen LogP contribution is -2.58. The molecule has 0 radical (unpaired) electrons. The highest BCUT2D eigenvalue weighted by Gasteiger charge is 2.65. The second-order valence-electron chi connectivity index (χ2n) is 6.89. The fourth-order valence-corrected chi connectivity index (χ4v) is 4.73. The van der Waals surface area contributed by atoms with Gasteiger partial charge in [0.25, 0.3) is 0 Å². The minimum Gasteiger partial charge on any atom is -0.334 e. The van der Waals surface area contributed by atoms with E-state index in [4.69, 9.17) is 0 Å². The smallest absolute Gasteiger partial charge is 0.235 e. The second-order valence-corrected chi connectivity index (χ2v) is 6.89. The molecule has 2 saturated heterocycles. The number of imide groups is 1. The lowest BCUT2D eigenvalue weighted by atomic mass is 9.62. The summed E-state index contributed by atoms with van der Waals surface area (Å²) in [4.78, 5) is 39.3. The molecule has 3 aliphatic rings. The zero-order valence-electron chi connectivity index (χ0n) is 13.0. The molecule has 5 nitrogen and oxygen atoms in total. The molecule has 3 fully saturated rings. The average Bonchev–Trinajstić information content (AvgIpc) is 2.80. The van der Waals surface area contributed by atoms with Crippen LogP contribution in [0.3, 0.4) is 0 Å². The first-order chi connectivity index (χ1) is 11.1. The van der Waals surface area contributed by atoms with Crippen molar-refractivity contribution in [2.45, 2.75) is 44.7 Å². The molecule has 0 unspecified atom stereocenters. The Labute approximate surface area is 135 Å². The van der Waals surface area contributed by atoms with E-state index < -0.39 is 11.3 Å². The molecular weight excluding hydrogens is 292 g/mol. The van der Waals surface area contributed by atoms with E-state index in [1.54, 1.807) is 0 Å². The van der Waals surface area contributed by atoms with Gasteiger partial charge in [-0.3, -0.25) is 19.7 Å². The molecular formula is C18H20N2O3. The van der Waals surface area contributed by atoms with E-state index in [0.717, 1.165) is 24.8 Å². The van der Waals surface area contributed by atoms with Crippen LogP contribution in [0.15, 0.2) is 30.3 Å². The van der Waals surface area contributed by atoms with Gasteiger partial charge < -0.3 is 4.90 Å². The summed E-state index contributed by atoms with van der Waals surface area (Å²) in [5.74, 6) is -1.04. The normalized spacial score (nSPS) is 33.2. The Bertz CT molecular complexity index is 672. The van der Waals surface area contributed by atoms with Gasteiger partial charge in [-0.1, -0.05) is 43.2 Å². The molecule has 1 aromatic rings. The number of piperidine rings is 1. The first-order valence-corrected chi connectivity index (χ1v) is 8.31. The van der Waals surface area contributed by atoms with Crippen molar-refractivity contribution >= 4 is 17.7 Å². The Kier molecular flexibility index (Phi) is 3.25. The highest BCUT2D eigenvalue weighted by molar-refractivity contribution is 6.07. The molecule has 1 spiro atoms. The van der Waals surface area contributed by atoms with Crippen LogP contribution in [-0.4, -0.2) is 28.7 Å². The topological polar surface area (TPSA) is 66.5 Å². The average molecular weight is 312 g/mol. The summed E-state index contributed by atoms with van der Waals surface area (Å²) in [6.45, 7) is 0.518. The van der Waals surface area contributed by atoms with E-state index >= 15 is 0 Å². The van der Waals surface area contributed by atoms with Crippen molar-refractivity contribution in [3.05, 3.63) is 35.9 Å². The van der Waals surface area contributed by atoms with Crippen LogP contribution in [0.1, 0.15) is 37.7 Å². The SMILES string of the molecule is O=C1C[C@@H]2C(=O)N(Cc3ccccc3)[C@@H]3CCCC[C@@]23C(=O)N1. The Morgan fingerprint density at radius 2 is 1.91 bits per heavy atom. The van der Waals surface area contributed by atoms with Gasteiger partial charge >= 0.3 is 0 Å². The van der Waals surface area contributed by atoms with E-state index in [2.05, 4.69) is 5.32 Å². The van der Waals surface area contributed by atoms with Crippen molar-refractivity contribution in [3.8, 4) is 0 Å². The van der Waals surface area contributed by atoms with E-state index in [9.17, 15) is 14.4 Å². The molecule has 3 atom stereocenters. The Morgan fingerprint density at radius 1 is 1.13 bits per heavy atom. The van der Waals surface area contributed by atoms with Gasteiger partial charge in [-0.05, 0) is 18.4 Å². The number of benzene rings is 1. The molecule has 4 rings (SSSR count). The fraction of sp³-hybridized carbons (Fsp3) is 0.500. The van der Waals surface area contributed by atoms with Crippen LogP contribution < -0.4 is 5.32 Å². The molecule has 1 N–H and O–H groups in total. The Morgan fingerprint density at radius 3 is 2.70 bits per heavy atom. The second kappa shape index (κ2) is 5.18. The van der Waals surface area contributed by atoms with Crippen molar-refractivity contribution in [2.24, 2.45) is 11.3 Å². The maximum Gasteiger partial charge on any atom is 0.235 e. The predicted molar refractivity (Wildman–Crippen MR) is 82.9 cm³/mol. The maximum atomic E-state index is 13.0. The van der Waals surface area contributed by atoms with Crippen LogP contribution in [-0.2, 0) is 20.9 Å². The quantitative estimate of drug-likeness (QED) is 0.844. The molecule has 0 bridgehead atoms. The molecule has 1 saturated carbocycles. The summed E-state index contributed by atoms with van der Waals surface area (Å²) in [5.41, 5.74) is 0.366. The molecule has 120 valence electrons. The number of nitrogens with zero attached hydrogens (tertiary/aromatic N) is 1. The Hall–Kier alpha value is -2.17.